The zero-order valence-electron chi connectivity index (χ0n) is 21.2. The fourth-order valence-electron chi connectivity index (χ4n) is 3.63. The normalized spacial score (nSPS) is 10.8. The van der Waals surface area contributed by atoms with Gasteiger partial charge in [0.1, 0.15) is 0 Å². The van der Waals surface area contributed by atoms with Gasteiger partial charge in [0.05, 0.1) is 38.2 Å². The van der Waals surface area contributed by atoms with Crippen LogP contribution in [0.15, 0.2) is 77.0 Å². The third kappa shape index (κ3) is 6.33. The molecular weight excluding hydrogens is 524 g/mol. The number of aromatic nitrogens is 3. The molecule has 0 aliphatic rings. The van der Waals surface area contributed by atoms with Crippen LogP contribution >= 0.6 is 11.8 Å². The molecule has 4 aromatic rings. The summed E-state index contributed by atoms with van der Waals surface area (Å²) in [7, 11) is 4.59. The zero-order chi connectivity index (χ0) is 27.8. The molecule has 12 nitrogen and oxygen atoms in total. The lowest BCUT2D eigenvalue weighted by molar-refractivity contribution is -0.384. The molecule has 39 heavy (non-hydrogen) atoms. The van der Waals surface area contributed by atoms with Crippen molar-refractivity contribution in [1.82, 2.24) is 20.2 Å². The number of nitrogens with zero attached hydrogens (tertiary/aromatic N) is 5. The minimum Gasteiger partial charge on any atom is -0.493 e. The lowest BCUT2D eigenvalue weighted by Gasteiger charge is -2.15. The van der Waals surface area contributed by atoms with E-state index >= 15 is 0 Å². The van der Waals surface area contributed by atoms with Crippen LogP contribution in [0.4, 0.5) is 5.69 Å². The highest BCUT2D eigenvalue weighted by atomic mass is 32.2. The molecule has 1 N–H and O–H groups in total. The van der Waals surface area contributed by atoms with Crippen LogP contribution in [0, 0.1) is 10.1 Å². The van der Waals surface area contributed by atoms with Gasteiger partial charge in [-0.15, -0.1) is 10.2 Å². The molecule has 4 rings (SSSR count). The van der Waals surface area contributed by atoms with Crippen LogP contribution in [0.3, 0.4) is 0 Å². The fourth-order valence-corrected chi connectivity index (χ4v) is 4.37. The van der Waals surface area contributed by atoms with E-state index in [0.29, 0.717) is 39.4 Å². The third-order valence-corrected chi connectivity index (χ3v) is 6.32. The molecule has 1 heterocycles. The van der Waals surface area contributed by atoms with Gasteiger partial charge in [0.25, 0.3) is 11.6 Å². The second-order valence-electron chi connectivity index (χ2n) is 7.83. The van der Waals surface area contributed by atoms with E-state index in [2.05, 4.69) is 20.7 Å². The summed E-state index contributed by atoms with van der Waals surface area (Å²) in [6.45, 7) is 0. The molecule has 0 saturated carbocycles. The number of thioether (sulfide) groups is 1. The number of hydrazone groups is 1. The van der Waals surface area contributed by atoms with Crippen molar-refractivity contribution in [1.29, 1.82) is 0 Å². The Morgan fingerprint density at radius 1 is 1.03 bits per heavy atom. The first kappa shape index (κ1) is 27.1. The Balaban J connectivity index is 1.57. The summed E-state index contributed by atoms with van der Waals surface area (Å²) < 4.78 is 18.2. The van der Waals surface area contributed by atoms with E-state index in [1.807, 2.05) is 34.9 Å². The molecule has 0 unspecified atom stereocenters. The van der Waals surface area contributed by atoms with Crippen LogP contribution < -0.4 is 19.6 Å². The summed E-state index contributed by atoms with van der Waals surface area (Å²) in [5.41, 5.74) is 4.30. The van der Waals surface area contributed by atoms with Gasteiger partial charge in [-0.1, -0.05) is 42.1 Å². The largest absolute Gasteiger partial charge is 0.493 e. The van der Waals surface area contributed by atoms with Gasteiger partial charge in [-0.05, 0) is 24.3 Å². The number of para-hydroxylation sites is 1. The van der Waals surface area contributed by atoms with Crippen molar-refractivity contribution in [3.63, 3.8) is 0 Å². The molecule has 0 bridgehead atoms. The Morgan fingerprint density at radius 3 is 2.38 bits per heavy atom. The quantitative estimate of drug-likeness (QED) is 0.127. The molecule has 200 valence electrons. The number of hydrogen-bond acceptors (Lipinski definition) is 10. The maximum Gasteiger partial charge on any atom is 0.270 e. The predicted molar refractivity (Wildman–Crippen MR) is 146 cm³/mol. The second-order valence-corrected chi connectivity index (χ2v) is 8.77. The monoisotopic (exact) mass is 548 g/mol. The first-order valence-corrected chi connectivity index (χ1v) is 12.4. The average Bonchev–Trinajstić information content (AvgIpc) is 3.39. The lowest BCUT2D eigenvalue weighted by atomic mass is 10.1. The first-order chi connectivity index (χ1) is 18.9. The third-order valence-electron chi connectivity index (χ3n) is 5.39. The highest BCUT2D eigenvalue weighted by Gasteiger charge is 2.21. The highest BCUT2D eigenvalue weighted by molar-refractivity contribution is 7.99. The summed E-state index contributed by atoms with van der Waals surface area (Å²) in [5.74, 6) is 1.48. The van der Waals surface area contributed by atoms with Crippen LogP contribution in [-0.2, 0) is 4.79 Å². The molecule has 0 aliphatic carbocycles. The molecule has 13 heteroatoms. The van der Waals surface area contributed by atoms with E-state index in [0.717, 1.165) is 5.69 Å². The van der Waals surface area contributed by atoms with E-state index in [-0.39, 0.29) is 11.4 Å². The van der Waals surface area contributed by atoms with Gasteiger partial charge in [0.2, 0.25) is 5.75 Å². The van der Waals surface area contributed by atoms with E-state index < -0.39 is 10.8 Å². The van der Waals surface area contributed by atoms with Crippen LogP contribution in [0.2, 0.25) is 0 Å². The zero-order valence-corrected chi connectivity index (χ0v) is 22.0. The van der Waals surface area contributed by atoms with Crippen LogP contribution in [0.25, 0.3) is 17.1 Å². The molecule has 1 aromatic heterocycles. The van der Waals surface area contributed by atoms with E-state index in [1.165, 1.54) is 51.4 Å². The van der Waals surface area contributed by atoms with Gasteiger partial charge in [-0.2, -0.15) is 5.10 Å². The smallest absolute Gasteiger partial charge is 0.270 e. The van der Waals surface area contributed by atoms with Crippen molar-refractivity contribution in [3.05, 3.63) is 82.4 Å². The van der Waals surface area contributed by atoms with Gasteiger partial charge in [0, 0.05) is 28.9 Å². The molecule has 0 radical (unpaired) electrons. The number of hydrogen-bond donors (Lipinski definition) is 1. The summed E-state index contributed by atoms with van der Waals surface area (Å²) >= 11 is 1.17. The van der Waals surface area contributed by atoms with Crippen LogP contribution in [0.5, 0.6) is 17.2 Å². The van der Waals surface area contributed by atoms with Crippen LogP contribution in [-0.4, -0.2) is 58.9 Å². The Labute approximate surface area is 227 Å². The number of benzene rings is 3. The summed E-state index contributed by atoms with van der Waals surface area (Å²) in [4.78, 5) is 22.9. The number of carbonyl (C=O) groups excluding carboxylic acids is 1. The Kier molecular flexibility index (Phi) is 8.74. The summed E-state index contributed by atoms with van der Waals surface area (Å²) in [6.07, 6.45) is 1.34. The maximum atomic E-state index is 12.5. The van der Waals surface area contributed by atoms with Crippen molar-refractivity contribution < 1.29 is 23.9 Å². The number of nitro groups is 1. The van der Waals surface area contributed by atoms with E-state index in [1.54, 1.807) is 24.3 Å². The molecule has 0 saturated heterocycles. The van der Waals surface area contributed by atoms with Gasteiger partial charge in [-0.3, -0.25) is 19.5 Å². The number of methoxy groups -OCH3 is 3. The Morgan fingerprint density at radius 2 is 1.74 bits per heavy atom. The van der Waals surface area contributed by atoms with Crippen molar-refractivity contribution in [3.8, 4) is 34.3 Å². The van der Waals surface area contributed by atoms with Gasteiger partial charge < -0.3 is 14.2 Å². The van der Waals surface area contributed by atoms with Gasteiger partial charge in [-0.25, -0.2) is 5.43 Å². The number of carbonyl (C=O) groups is 1. The number of nitrogens with one attached hydrogen (secondary N) is 1. The van der Waals surface area contributed by atoms with Gasteiger partial charge >= 0.3 is 0 Å². The second kappa shape index (κ2) is 12.6. The minimum atomic E-state index is -0.498. The molecule has 3 aromatic carbocycles. The van der Waals surface area contributed by atoms with E-state index in [9.17, 15) is 14.9 Å². The van der Waals surface area contributed by atoms with Crippen molar-refractivity contribution in [2.75, 3.05) is 27.1 Å². The van der Waals surface area contributed by atoms with Gasteiger partial charge in [0.15, 0.2) is 22.5 Å². The number of rotatable bonds is 11. The number of non-ortho nitro benzene ring substituents is 1. The predicted octanol–water partition coefficient (Wildman–Crippen LogP) is 4.11. The lowest BCUT2D eigenvalue weighted by Crippen LogP contribution is -2.20. The number of nitro benzene ring substituents is 1. The molecular formula is C26H24N6O6S. The Bertz CT molecular complexity index is 1480. The van der Waals surface area contributed by atoms with Crippen molar-refractivity contribution in [2.24, 2.45) is 5.10 Å². The SMILES string of the molecule is COc1cc(-c2nnc(SCC(=O)N/N=C/c3cccc([N+](=O)[O-])c3)n2-c2ccccc2)cc(OC)c1OC. The highest BCUT2D eigenvalue weighted by Crippen LogP contribution is 2.41. The Hall–Kier alpha value is -4.91. The van der Waals surface area contributed by atoms with Crippen LogP contribution in [0.1, 0.15) is 5.56 Å². The van der Waals surface area contributed by atoms with E-state index in [4.69, 9.17) is 14.2 Å². The molecule has 0 atom stereocenters. The number of ether oxygens (including phenoxy) is 3. The summed E-state index contributed by atoms with van der Waals surface area (Å²) in [5, 5.41) is 24.0. The minimum absolute atomic E-state index is 0.00744. The first-order valence-electron chi connectivity index (χ1n) is 11.5. The molecule has 0 aliphatic heterocycles. The van der Waals surface area contributed by atoms with Crippen molar-refractivity contribution in [2.45, 2.75) is 5.16 Å². The maximum absolute atomic E-state index is 12.5. The van der Waals surface area contributed by atoms with Crippen molar-refractivity contribution >= 4 is 29.6 Å². The topological polar surface area (TPSA) is 143 Å². The molecule has 0 spiro atoms. The summed E-state index contributed by atoms with van der Waals surface area (Å²) in [6, 6.07) is 18.9. The average molecular weight is 549 g/mol. The fraction of sp³-hybridized carbons (Fsp3) is 0.154. The molecule has 1 amide bonds. The molecule has 0 fully saturated rings. The standard InChI is InChI=1S/C26H24N6O6S/c1-36-21-13-18(14-22(37-2)24(21)38-3)25-29-30-26(31(25)19-9-5-4-6-10-19)39-16-23(33)28-27-15-17-8-7-11-20(12-17)32(34)35/h4-15H,16H2,1-3H3,(H,28,33)/b27-15+. The number of amides is 1.